The number of primary amides is 3. The third-order valence-electron chi connectivity index (χ3n) is 4.80. The first kappa shape index (κ1) is 20.4. The van der Waals surface area contributed by atoms with Crippen molar-refractivity contribution in [1.82, 2.24) is 4.57 Å². The standard InChI is InChI=1S/C20H19ClN4O4/c21-13-6-3-5-10(16(13)18(22)27)11(8-9-26)15-12-4-1-2-7-14(12)25(20(24)29)17(15)19(23)28/h1-7,11,26H,8-9H2,(H2,22,27)(H2,23,28)(H2,24,29). The Labute approximate surface area is 170 Å². The van der Waals surface area contributed by atoms with E-state index in [0.717, 1.165) is 4.57 Å². The minimum atomic E-state index is -0.884. The Balaban J connectivity index is 2.46. The van der Waals surface area contributed by atoms with E-state index in [9.17, 15) is 19.5 Å². The minimum Gasteiger partial charge on any atom is -0.396 e. The van der Waals surface area contributed by atoms with Crippen molar-refractivity contribution < 1.29 is 19.5 Å². The van der Waals surface area contributed by atoms with Crippen LogP contribution in [0.4, 0.5) is 4.79 Å². The minimum absolute atomic E-state index is 0.0685. The summed E-state index contributed by atoms with van der Waals surface area (Å²) < 4.78 is 1.03. The number of nitrogens with zero attached hydrogens (tertiary/aromatic N) is 1. The van der Waals surface area contributed by atoms with Crippen molar-refractivity contribution in [3.63, 3.8) is 0 Å². The molecule has 0 saturated heterocycles. The highest BCUT2D eigenvalue weighted by atomic mass is 35.5. The number of hydrogen-bond acceptors (Lipinski definition) is 4. The molecule has 3 amide bonds. The van der Waals surface area contributed by atoms with Crippen LogP contribution in [0.5, 0.6) is 0 Å². The molecular formula is C20H19ClN4O4. The van der Waals surface area contributed by atoms with E-state index in [1.54, 1.807) is 36.4 Å². The van der Waals surface area contributed by atoms with Gasteiger partial charge >= 0.3 is 6.03 Å². The Hall–Kier alpha value is -3.36. The number of hydrogen-bond donors (Lipinski definition) is 4. The number of nitrogens with two attached hydrogens (primary N) is 3. The van der Waals surface area contributed by atoms with Gasteiger partial charge in [-0.05, 0) is 29.7 Å². The lowest BCUT2D eigenvalue weighted by atomic mass is 9.84. The normalized spacial score (nSPS) is 12.1. The average Bonchev–Trinajstić information content (AvgIpc) is 3.01. The van der Waals surface area contributed by atoms with Crippen molar-refractivity contribution in [3.05, 3.63) is 69.9 Å². The zero-order chi connectivity index (χ0) is 21.3. The smallest absolute Gasteiger partial charge is 0.324 e. The molecule has 0 saturated carbocycles. The van der Waals surface area contributed by atoms with E-state index in [1.807, 2.05) is 0 Å². The van der Waals surface area contributed by atoms with Gasteiger partial charge in [-0.1, -0.05) is 41.9 Å². The molecule has 8 nitrogen and oxygen atoms in total. The van der Waals surface area contributed by atoms with Gasteiger partial charge in [0.1, 0.15) is 5.69 Å². The maximum Gasteiger partial charge on any atom is 0.324 e. The third-order valence-corrected chi connectivity index (χ3v) is 5.12. The molecule has 0 aliphatic rings. The highest BCUT2D eigenvalue weighted by molar-refractivity contribution is 6.34. The molecule has 1 heterocycles. The average molecular weight is 415 g/mol. The molecule has 0 fully saturated rings. The van der Waals surface area contributed by atoms with Crippen molar-refractivity contribution in [1.29, 1.82) is 0 Å². The molecule has 150 valence electrons. The lowest BCUT2D eigenvalue weighted by molar-refractivity contribution is 0.0988. The van der Waals surface area contributed by atoms with Gasteiger partial charge in [0.25, 0.3) is 11.8 Å². The fourth-order valence-electron chi connectivity index (χ4n) is 3.77. The highest BCUT2D eigenvalue weighted by Gasteiger charge is 2.31. The topological polar surface area (TPSA) is 154 Å². The molecular weight excluding hydrogens is 396 g/mol. The van der Waals surface area contributed by atoms with Gasteiger partial charge in [0.2, 0.25) is 0 Å². The molecule has 0 radical (unpaired) electrons. The molecule has 0 bridgehead atoms. The summed E-state index contributed by atoms with van der Waals surface area (Å²) in [5.74, 6) is -2.33. The van der Waals surface area contributed by atoms with Crippen molar-refractivity contribution in [2.24, 2.45) is 17.2 Å². The number of rotatable bonds is 6. The molecule has 29 heavy (non-hydrogen) atoms. The summed E-state index contributed by atoms with van der Waals surface area (Å²) in [5, 5.41) is 10.4. The van der Waals surface area contributed by atoms with E-state index >= 15 is 0 Å². The van der Waals surface area contributed by atoms with Gasteiger partial charge in [-0.2, -0.15) is 0 Å². The van der Waals surface area contributed by atoms with Crippen LogP contribution in [0.15, 0.2) is 42.5 Å². The summed E-state index contributed by atoms with van der Waals surface area (Å²) in [4.78, 5) is 36.6. The fourth-order valence-corrected chi connectivity index (χ4v) is 4.04. The van der Waals surface area contributed by atoms with Crippen LogP contribution in [0, 0.1) is 0 Å². The lowest BCUT2D eigenvalue weighted by Crippen LogP contribution is -2.28. The number of fused-ring (bicyclic) bond motifs is 1. The van der Waals surface area contributed by atoms with E-state index < -0.39 is 23.8 Å². The van der Waals surface area contributed by atoms with E-state index in [2.05, 4.69) is 0 Å². The Morgan fingerprint density at radius 3 is 2.28 bits per heavy atom. The van der Waals surface area contributed by atoms with Crippen molar-refractivity contribution in [2.45, 2.75) is 12.3 Å². The molecule has 1 aromatic heterocycles. The molecule has 1 unspecified atom stereocenters. The van der Waals surface area contributed by atoms with E-state index in [0.29, 0.717) is 22.0 Å². The number of carbonyl (C=O) groups is 3. The summed E-state index contributed by atoms with van der Waals surface area (Å²) in [6, 6.07) is 10.6. The maximum absolute atomic E-state index is 12.4. The molecule has 3 rings (SSSR count). The summed E-state index contributed by atoms with van der Waals surface area (Å²) in [7, 11) is 0. The monoisotopic (exact) mass is 414 g/mol. The second-order valence-corrected chi connectivity index (χ2v) is 6.86. The predicted molar refractivity (Wildman–Crippen MR) is 109 cm³/mol. The summed E-state index contributed by atoms with van der Waals surface area (Å²) in [6.07, 6.45) is 0.119. The number of aliphatic hydroxyl groups is 1. The van der Waals surface area contributed by atoms with Gasteiger partial charge in [0.15, 0.2) is 0 Å². The molecule has 2 aromatic carbocycles. The maximum atomic E-state index is 12.4. The van der Waals surface area contributed by atoms with Crippen LogP contribution in [-0.2, 0) is 0 Å². The quantitative estimate of drug-likeness (QED) is 0.486. The molecule has 0 spiro atoms. The number of halogens is 1. The van der Waals surface area contributed by atoms with Crippen LogP contribution in [-0.4, -0.2) is 34.1 Å². The third kappa shape index (κ3) is 3.43. The van der Waals surface area contributed by atoms with Gasteiger partial charge in [0, 0.05) is 17.9 Å². The van der Waals surface area contributed by atoms with Crippen LogP contribution in [0.1, 0.15) is 44.3 Å². The molecule has 7 N–H and O–H groups in total. The Morgan fingerprint density at radius 2 is 1.69 bits per heavy atom. The first-order chi connectivity index (χ1) is 13.8. The van der Waals surface area contributed by atoms with Gasteiger partial charge in [0.05, 0.1) is 16.1 Å². The first-order valence-corrected chi connectivity index (χ1v) is 9.09. The number of aromatic nitrogens is 1. The van der Waals surface area contributed by atoms with Crippen molar-refractivity contribution >= 4 is 40.3 Å². The van der Waals surface area contributed by atoms with Crippen LogP contribution in [0.2, 0.25) is 5.02 Å². The second kappa shape index (κ2) is 7.94. The van der Waals surface area contributed by atoms with Crippen LogP contribution >= 0.6 is 11.6 Å². The number of aliphatic hydroxyl groups excluding tert-OH is 1. The SMILES string of the molecule is NC(=O)c1c(Cl)cccc1C(CCO)c1c(C(N)=O)n(C(N)=O)c2ccccc12. The summed E-state index contributed by atoms with van der Waals surface area (Å²) in [5.41, 5.74) is 17.8. The van der Waals surface area contributed by atoms with Gasteiger partial charge in [-0.25, -0.2) is 4.79 Å². The van der Waals surface area contributed by atoms with Crippen LogP contribution in [0.3, 0.4) is 0 Å². The lowest BCUT2D eigenvalue weighted by Gasteiger charge is -2.21. The van der Waals surface area contributed by atoms with Gasteiger partial charge < -0.3 is 22.3 Å². The van der Waals surface area contributed by atoms with E-state index in [1.165, 1.54) is 6.07 Å². The van der Waals surface area contributed by atoms with Crippen molar-refractivity contribution in [3.8, 4) is 0 Å². The van der Waals surface area contributed by atoms with Crippen LogP contribution in [0.25, 0.3) is 10.9 Å². The van der Waals surface area contributed by atoms with Gasteiger partial charge in [-0.3, -0.25) is 14.2 Å². The largest absolute Gasteiger partial charge is 0.396 e. The Morgan fingerprint density at radius 1 is 1.00 bits per heavy atom. The first-order valence-electron chi connectivity index (χ1n) is 8.71. The number of amides is 3. The Bertz CT molecular complexity index is 1140. The van der Waals surface area contributed by atoms with E-state index in [-0.39, 0.29) is 29.3 Å². The number of para-hydroxylation sites is 1. The fraction of sp³-hybridized carbons (Fsp3) is 0.150. The molecule has 0 aliphatic heterocycles. The number of benzene rings is 2. The van der Waals surface area contributed by atoms with E-state index in [4.69, 9.17) is 28.8 Å². The predicted octanol–water partition coefficient (Wildman–Crippen LogP) is 1.93. The zero-order valence-electron chi connectivity index (χ0n) is 15.3. The zero-order valence-corrected chi connectivity index (χ0v) is 16.0. The van der Waals surface area contributed by atoms with Crippen LogP contribution < -0.4 is 17.2 Å². The second-order valence-electron chi connectivity index (χ2n) is 6.45. The summed E-state index contributed by atoms with van der Waals surface area (Å²) >= 11 is 6.20. The highest BCUT2D eigenvalue weighted by Crippen LogP contribution is 2.40. The molecule has 1 atom stereocenters. The Kier molecular flexibility index (Phi) is 5.58. The van der Waals surface area contributed by atoms with Crippen molar-refractivity contribution in [2.75, 3.05) is 6.61 Å². The number of carbonyl (C=O) groups excluding carboxylic acids is 3. The molecule has 9 heteroatoms. The molecule has 3 aromatic rings. The summed E-state index contributed by atoms with van der Waals surface area (Å²) in [6.45, 7) is -0.274. The molecule has 0 aliphatic carbocycles. The van der Waals surface area contributed by atoms with Gasteiger partial charge in [-0.15, -0.1) is 0 Å².